The van der Waals surface area contributed by atoms with Gasteiger partial charge in [-0.25, -0.2) is 4.39 Å². The SMILES string of the molecule is CN1CC(=O)N2[C@H](C[C@@H]3c4ccccc4Cc4ccc(F)cc4[C@H]32)C1. The molecule has 0 bridgehead atoms. The Kier molecular flexibility index (Phi) is 3.26. The Morgan fingerprint density at radius 3 is 2.76 bits per heavy atom. The topological polar surface area (TPSA) is 23.6 Å². The maximum Gasteiger partial charge on any atom is 0.237 e. The first kappa shape index (κ1) is 15.1. The Morgan fingerprint density at radius 2 is 1.88 bits per heavy atom. The first-order valence-corrected chi connectivity index (χ1v) is 8.97. The lowest BCUT2D eigenvalue weighted by atomic mass is 9.87. The number of carbonyl (C=O) groups excluding carboxylic acids is 1. The molecule has 0 aromatic heterocycles. The molecule has 3 aliphatic rings. The zero-order valence-electron chi connectivity index (χ0n) is 14.3. The summed E-state index contributed by atoms with van der Waals surface area (Å²) in [5.41, 5.74) is 4.79. The summed E-state index contributed by atoms with van der Waals surface area (Å²) < 4.78 is 14.1. The van der Waals surface area contributed by atoms with Crippen molar-refractivity contribution in [3.63, 3.8) is 0 Å². The highest BCUT2D eigenvalue weighted by Crippen LogP contribution is 2.51. The lowest BCUT2D eigenvalue weighted by molar-refractivity contribution is -0.139. The van der Waals surface area contributed by atoms with E-state index in [4.69, 9.17) is 0 Å². The molecule has 5 rings (SSSR count). The van der Waals surface area contributed by atoms with E-state index in [1.54, 1.807) is 12.1 Å². The molecule has 4 heteroatoms. The lowest BCUT2D eigenvalue weighted by Crippen LogP contribution is -2.53. The third-order valence-corrected chi connectivity index (χ3v) is 6.08. The number of piperazine rings is 1. The highest BCUT2D eigenvalue weighted by Gasteiger charge is 2.49. The summed E-state index contributed by atoms with van der Waals surface area (Å²) in [6, 6.07) is 13.8. The van der Waals surface area contributed by atoms with Crippen LogP contribution >= 0.6 is 0 Å². The summed E-state index contributed by atoms with van der Waals surface area (Å²) in [6.45, 7) is 1.34. The monoisotopic (exact) mass is 336 g/mol. The van der Waals surface area contributed by atoms with E-state index in [0.29, 0.717) is 6.54 Å². The zero-order chi connectivity index (χ0) is 17.1. The number of likely N-dealkylation sites (N-methyl/N-ethyl adjacent to an activating group) is 1. The molecule has 2 heterocycles. The maximum atomic E-state index is 14.1. The van der Waals surface area contributed by atoms with Crippen LogP contribution in [-0.2, 0) is 11.2 Å². The summed E-state index contributed by atoms with van der Waals surface area (Å²) in [5, 5.41) is 0. The van der Waals surface area contributed by atoms with Crippen molar-refractivity contribution in [2.45, 2.75) is 30.8 Å². The summed E-state index contributed by atoms with van der Waals surface area (Å²) in [4.78, 5) is 17.0. The predicted octanol–water partition coefficient (Wildman–Crippen LogP) is 3.10. The van der Waals surface area contributed by atoms with Crippen LogP contribution in [0.2, 0.25) is 0 Å². The fourth-order valence-corrected chi connectivity index (χ4v) is 5.14. The minimum Gasteiger partial charge on any atom is -0.330 e. The van der Waals surface area contributed by atoms with Crippen LogP contribution in [-0.4, -0.2) is 41.9 Å². The molecule has 0 saturated carbocycles. The fourth-order valence-electron chi connectivity index (χ4n) is 5.14. The van der Waals surface area contributed by atoms with Gasteiger partial charge < -0.3 is 4.90 Å². The van der Waals surface area contributed by atoms with Crippen LogP contribution in [0, 0.1) is 5.82 Å². The first-order valence-electron chi connectivity index (χ1n) is 8.97. The maximum absolute atomic E-state index is 14.1. The fraction of sp³-hybridized carbons (Fsp3) is 0.381. The van der Waals surface area contributed by atoms with Gasteiger partial charge >= 0.3 is 0 Å². The van der Waals surface area contributed by atoms with Crippen LogP contribution in [0.5, 0.6) is 0 Å². The summed E-state index contributed by atoms with van der Waals surface area (Å²) in [5.74, 6) is 0.203. The van der Waals surface area contributed by atoms with Gasteiger partial charge in [-0.05, 0) is 54.3 Å². The molecular formula is C21H21FN2O. The van der Waals surface area contributed by atoms with Gasteiger partial charge in [-0.1, -0.05) is 30.3 Å². The average molecular weight is 336 g/mol. The Hall–Kier alpha value is -2.20. The molecule has 2 aliphatic heterocycles. The molecule has 2 aromatic rings. The number of hydrogen-bond donors (Lipinski definition) is 0. The number of halogens is 1. The van der Waals surface area contributed by atoms with Crippen molar-refractivity contribution in [3.8, 4) is 0 Å². The highest BCUT2D eigenvalue weighted by molar-refractivity contribution is 5.81. The van der Waals surface area contributed by atoms with Crippen LogP contribution in [0.1, 0.15) is 40.6 Å². The minimum absolute atomic E-state index is 0.0412. The van der Waals surface area contributed by atoms with Crippen molar-refractivity contribution in [1.82, 2.24) is 9.80 Å². The Balaban J connectivity index is 1.72. The first-order chi connectivity index (χ1) is 12.1. The smallest absolute Gasteiger partial charge is 0.237 e. The van der Waals surface area contributed by atoms with E-state index in [-0.39, 0.29) is 29.7 Å². The second kappa shape index (κ2) is 5.40. The summed E-state index contributed by atoms with van der Waals surface area (Å²) in [6.07, 6.45) is 1.76. The molecule has 0 N–H and O–H groups in total. The van der Waals surface area contributed by atoms with E-state index in [9.17, 15) is 9.18 Å². The van der Waals surface area contributed by atoms with Gasteiger partial charge in [0.1, 0.15) is 5.82 Å². The molecule has 128 valence electrons. The molecule has 2 saturated heterocycles. The van der Waals surface area contributed by atoms with Gasteiger partial charge in [0, 0.05) is 18.5 Å². The van der Waals surface area contributed by atoms with Crippen molar-refractivity contribution >= 4 is 5.91 Å². The van der Waals surface area contributed by atoms with Crippen molar-refractivity contribution < 1.29 is 9.18 Å². The van der Waals surface area contributed by atoms with Gasteiger partial charge in [0.15, 0.2) is 0 Å². The molecule has 1 aliphatic carbocycles. The van der Waals surface area contributed by atoms with Crippen LogP contribution in [0.3, 0.4) is 0 Å². The molecule has 2 fully saturated rings. The molecule has 3 nitrogen and oxygen atoms in total. The lowest BCUT2D eigenvalue weighted by Gasteiger charge is -2.39. The van der Waals surface area contributed by atoms with Gasteiger partial charge in [0.25, 0.3) is 0 Å². The van der Waals surface area contributed by atoms with Crippen molar-refractivity contribution in [1.29, 1.82) is 0 Å². The van der Waals surface area contributed by atoms with Crippen LogP contribution in [0.25, 0.3) is 0 Å². The Morgan fingerprint density at radius 1 is 1.08 bits per heavy atom. The molecule has 3 atom stereocenters. The summed E-state index contributed by atoms with van der Waals surface area (Å²) in [7, 11) is 2.00. The molecule has 0 unspecified atom stereocenters. The molecule has 0 spiro atoms. The van der Waals surface area contributed by atoms with Gasteiger partial charge in [-0.15, -0.1) is 0 Å². The van der Waals surface area contributed by atoms with E-state index in [2.05, 4.69) is 34.1 Å². The van der Waals surface area contributed by atoms with E-state index in [1.807, 2.05) is 13.1 Å². The third-order valence-electron chi connectivity index (χ3n) is 6.08. The van der Waals surface area contributed by atoms with E-state index in [1.165, 1.54) is 11.1 Å². The number of rotatable bonds is 0. The third kappa shape index (κ3) is 2.24. The van der Waals surface area contributed by atoms with Crippen LogP contribution in [0.4, 0.5) is 4.39 Å². The number of amides is 1. The number of nitrogens with zero attached hydrogens (tertiary/aromatic N) is 2. The van der Waals surface area contributed by atoms with Crippen molar-refractivity contribution in [3.05, 3.63) is 70.5 Å². The Labute approximate surface area is 147 Å². The molecule has 1 amide bonds. The van der Waals surface area contributed by atoms with Gasteiger partial charge in [0.2, 0.25) is 5.91 Å². The van der Waals surface area contributed by atoms with E-state index < -0.39 is 0 Å². The van der Waals surface area contributed by atoms with E-state index >= 15 is 0 Å². The summed E-state index contributed by atoms with van der Waals surface area (Å²) >= 11 is 0. The van der Waals surface area contributed by atoms with Crippen LogP contribution in [0.15, 0.2) is 42.5 Å². The number of carbonyl (C=O) groups is 1. The largest absolute Gasteiger partial charge is 0.330 e. The molecular weight excluding hydrogens is 315 g/mol. The quantitative estimate of drug-likeness (QED) is 0.738. The number of fused-ring (bicyclic) bond motifs is 7. The van der Waals surface area contributed by atoms with Crippen molar-refractivity contribution in [2.75, 3.05) is 20.1 Å². The second-order valence-electron chi connectivity index (χ2n) is 7.66. The average Bonchev–Trinajstić information content (AvgIpc) is 2.90. The molecule has 0 radical (unpaired) electrons. The number of hydrogen-bond acceptors (Lipinski definition) is 2. The number of benzene rings is 2. The molecule has 2 aromatic carbocycles. The van der Waals surface area contributed by atoms with Crippen molar-refractivity contribution in [2.24, 2.45) is 0 Å². The minimum atomic E-state index is -0.214. The van der Waals surface area contributed by atoms with Gasteiger partial charge in [0.05, 0.1) is 12.6 Å². The van der Waals surface area contributed by atoms with Gasteiger partial charge in [-0.3, -0.25) is 9.69 Å². The second-order valence-corrected chi connectivity index (χ2v) is 7.66. The zero-order valence-corrected chi connectivity index (χ0v) is 14.3. The highest BCUT2D eigenvalue weighted by atomic mass is 19.1. The predicted molar refractivity (Wildman–Crippen MR) is 93.9 cm³/mol. The standard InChI is InChI=1S/C21H21FN2O/c1-23-11-16-10-19-17-5-3-2-4-13(17)8-14-6-7-15(22)9-18(14)21(19)24(16)20(25)12-23/h2-7,9,16,19,21H,8,10-12H2,1H3/t16-,19-,21-/m1/s1. The Bertz CT molecular complexity index is 865. The van der Waals surface area contributed by atoms with Gasteiger partial charge in [-0.2, -0.15) is 0 Å². The normalized spacial score (nSPS) is 28.0. The van der Waals surface area contributed by atoms with Crippen LogP contribution < -0.4 is 0 Å². The van der Waals surface area contributed by atoms with E-state index in [0.717, 1.165) is 30.5 Å². The molecule has 25 heavy (non-hydrogen) atoms.